The van der Waals surface area contributed by atoms with E-state index in [-0.39, 0.29) is 23.0 Å². The summed E-state index contributed by atoms with van der Waals surface area (Å²) >= 11 is 7.33. The predicted octanol–water partition coefficient (Wildman–Crippen LogP) is 4.43. The van der Waals surface area contributed by atoms with Gasteiger partial charge in [0.2, 0.25) is 11.0 Å². The number of sulfone groups is 1. The number of hydrogen-bond acceptors (Lipinski definition) is 6. The lowest BCUT2D eigenvalue weighted by Gasteiger charge is -2.09. The van der Waals surface area contributed by atoms with Gasteiger partial charge in [0, 0.05) is 17.0 Å². The molecule has 0 aliphatic heterocycles. The highest BCUT2D eigenvalue weighted by molar-refractivity contribution is 7.91. The van der Waals surface area contributed by atoms with Crippen LogP contribution in [0.5, 0.6) is 0 Å². The molecule has 7 nitrogen and oxygen atoms in total. The smallest absolute Gasteiger partial charge is 0.226 e. The molecule has 0 atom stereocenters. The van der Waals surface area contributed by atoms with Crippen LogP contribution in [0.2, 0.25) is 5.02 Å². The average Bonchev–Trinajstić information content (AvgIpc) is 3.48. The molecule has 2 heterocycles. The topological polar surface area (TPSA) is 94.0 Å². The van der Waals surface area contributed by atoms with E-state index < -0.39 is 9.84 Å². The maximum absolute atomic E-state index is 12.7. The first-order valence-corrected chi connectivity index (χ1v) is 13.0. The second-order valence-electron chi connectivity index (χ2n) is 7.57. The van der Waals surface area contributed by atoms with Gasteiger partial charge in [-0.15, -0.1) is 0 Å². The summed E-state index contributed by atoms with van der Waals surface area (Å²) < 4.78 is 27.9. The Morgan fingerprint density at radius 3 is 2.69 bits per heavy atom. The van der Waals surface area contributed by atoms with E-state index in [4.69, 9.17) is 16.7 Å². The van der Waals surface area contributed by atoms with E-state index in [1.807, 2.05) is 24.3 Å². The van der Waals surface area contributed by atoms with Crippen molar-refractivity contribution in [2.45, 2.75) is 30.6 Å². The normalized spacial score (nSPS) is 13.4. The van der Waals surface area contributed by atoms with Gasteiger partial charge in [-0.05, 0) is 55.7 Å². The number of rotatable bonds is 6. The minimum Gasteiger partial charge on any atom is -0.310 e. The second kappa shape index (κ2) is 8.31. The van der Waals surface area contributed by atoms with Crippen molar-refractivity contribution < 1.29 is 13.2 Å². The summed E-state index contributed by atoms with van der Waals surface area (Å²) in [5.41, 5.74) is 2.82. The predicted molar refractivity (Wildman–Crippen MR) is 126 cm³/mol. The van der Waals surface area contributed by atoms with Crippen LogP contribution in [-0.4, -0.2) is 34.8 Å². The third-order valence-corrected chi connectivity index (χ3v) is 8.40. The number of hydrogen-bond donors (Lipinski definition) is 1. The van der Waals surface area contributed by atoms with Crippen LogP contribution in [0, 0.1) is 0 Å². The number of aryl methyl sites for hydroxylation is 1. The summed E-state index contributed by atoms with van der Waals surface area (Å²) in [6.45, 7) is 0. The van der Waals surface area contributed by atoms with Crippen molar-refractivity contribution in [3.63, 3.8) is 0 Å². The summed E-state index contributed by atoms with van der Waals surface area (Å²) in [6, 6.07) is 13.8. The molecule has 0 saturated heterocycles. The van der Waals surface area contributed by atoms with E-state index in [2.05, 4.69) is 10.3 Å². The maximum atomic E-state index is 12.7. The zero-order chi connectivity index (χ0) is 22.3. The molecule has 0 spiro atoms. The highest BCUT2D eigenvalue weighted by atomic mass is 35.5. The number of nitrogens with one attached hydrogen (secondary N) is 1. The number of carbonyl (C=O) groups excluding carboxylic acids is 1. The molecule has 1 amide bonds. The van der Waals surface area contributed by atoms with E-state index in [0.717, 1.165) is 40.7 Å². The number of halogens is 1. The molecule has 1 aliphatic rings. The first kappa shape index (κ1) is 21.1. The molecule has 4 aromatic rings. The molecule has 1 aliphatic carbocycles. The van der Waals surface area contributed by atoms with Crippen LogP contribution in [0.15, 0.2) is 53.4 Å². The first-order valence-electron chi connectivity index (χ1n) is 10.2. The number of fused-ring (bicyclic) bond motifs is 2. The number of aromatic nitrogens is 3. The SMILES string of the molecule is O=C(CCS(=O)(=O)c1ccc(Cl)cc1)Nc1c2c(nn1-c1nc3ccccc3s1)CCC2. The molecule has 0 radical (unpaired) electrons. The van der Waals surface area contributed by atoms with Gasteiger partial charge in [-0.3, -0.25) is 4.79 Å². The molecule has 10 heteroatoms. The van der Waals surface area contributed by atoms with Crippen LogP contribution in [0.25, 0.3) is 15.3 Å². The summed E-state index contributed by atoms with van der Waals surface area (Å²) in [6.07, 6.45) is 2.48. The molecule has 0 fully saturated rings. The Labute approximate surface area is 194 Å². The van der Waals surface area contributed by atoms with Crippen LogP contribution < -0.4 is 5.32 Å². The van der Waals surface area contributed by atoms with Crippen molar-refractivity contribution in [3.8, 4) is 5.13 Å². The highest BCUT2D eigenvalue weighted by Crippen LogP contribution is 2.33. The highest BCUT2D eigenvalue weighted by Gasteiger charge is 2.26. The quantitative estimate of drug-likeness (QED) is 0.435. The number of thiazole rings is 1. The fraction of sp³-hybridized carbons (Fsp3) is 0.227. The van der Waals surface area contributed by atoms with Gasteiger partial charge in [-0.2, -0.15) is 9.78 Å². The molecule has 164 valence electrons. The maximum Gasteiger partial charge on any atom is 0.226 e. The number of anilines is 1. The third kappa shape index (κ3) is 4.03. The summed E-state index contributed by atoms with van der Waals surface area (Å²) in [4.78, 5) is 17.5. The third-order valence-electron chi connectivity index (χ3n) is 5.40. The average molecular weight is 487 g/mol. The van der Waals surface area contributed by atoms with Crippen molar-refractivity contribution in [2.24, 2.45) is 0 Å². The second-order valence-corrected chi connectivity index (χ2v) is 11.1. The molecular formula is C22H19ClN4O3S2. The van der Waals surface area contributed by atoms with Gasteiger partial charge in [0.05, 0.1) is 26.6 Å². The van der Waals surface area contributed by atoms with Gasteiger partial charge in [0.15, 0.2) is 9.84 Å². The van der Waals surface area contributed by atoms with E-state index in [0.29, 0.717) is 16.0 Å². The Hall–Kier alpha value is -2.75. The summed E-state index contributed by atoms with van der Waals surface area (Å²) in [5.74, 6) is -0.0808. The Morgan fingerprint density at radius 1 is 1.12 bits per heavy atom. The molecule has 0 bridgehead atoms. The molecule has 32 heavy (non-hydrogen) atoms. The van der Waals surface area contributed by atoms with Crippen LogP contribution in [-0.2, 0) is 27.5 Å². The van der Waals surface area contributed by atoms with E-state index >= 15 is 0 Å². The summed E-state index contributed by atoms with van der Waals surface area (Å²) in [5, 5.41) is 8.73. The number of para-hydroxylation sites is 1. The number of benzene rings is 2. The summed E-state index contributed by atoms with van der Waals surface area (Å²) in [7, 11) is -3.59. The molecule has 2 aromatic heterocycles. The van der Waals surface area contributed by atoms with Crippen LogP contribution >= 0.6 is 22.9 Å². The largest absolute Gasteiger partial charge is 0.310 e. The Morgan fingerprint density at radius 2 is 1.91 bits per heavy atom. The Kier molecular flexibility index (Phi) is 5.48. The van der Waals surface area contributed by atoms with Crippen molar-refractivity contribution in [1.29, 1.82) is 0 Å². The van der Waals surface area contributed by atoms with Crippen LogP contribution in [0.3, 0.4) is 0 Å². The lowest BCUT2D eigenvalue weighted by atomic mass is 10.2. The fourth-order valence-corrected chi connectivity index (χ4v) is 6.08. The van der Waals surface area contributed by atoms with Gasteiger partial charge in [-0.1, -0.05) is 35.1 Å². The monoisotopic (exact) mass is 486 g/mol. The zero-order valence-electron chi connectivity index (χ0n) is 16.9. The van der Waals surface area contributed by atoms with Gasteiger partial charge < -0.3 is 5.32 Å². The van der Waals surface area contributed by atoms with Gasteiger partial charge in [0.1, 0.15) is 5.82 Å². The first-order chi connectivity index (χ1) is 15.4. The zero-order valence-corrected chi connectivity index (χ0v) is 19.3. The van der Waals surface area contributed by atoms with Crippen molar-refractivity contribution in [1.82, 2.24) is 14.8 Å². The molecule has 2 aromatic carbocycles. The van der Waals surface area contributed by atoms with Crippen molar-refractivity contribution in [3.05, 3.63) is 64.8 Å². The molecule has 1 N–H and O–H groups in total. The lowest BCUT2D eigenvalue weighted by molar-refractivity contribution is -0.115. The van der Waals surface area contributed by atoms with E-state index in [9.17, 15) is 13.2 Å². The molecule has 0 unspecified atom stereocenters. The van der Waals surface area contributed by atoms with Gasteiger partial charge in [-0.25, -0.2) is 13.4 Å². The number of amides is 1. The molecular weight excluding hydrogens is 468 g/mol. The van der Waals surface area contributed by atoms with Crippen LogP contribution in [0.1, 0.15) is 24.1 Å². The van der Waals surface area contributed by atoms with E-state index in [1.165, 1.54) is 35.6 Å². The minimum atomic E-state index is -3.59. The van der Waals surface area contributed by atoms with Crippen molar-refractivity contribution >= 4 is 54.7 Å². The minimum absolute atomic E-state index is 0.148. The van der Waals surface area contributed by atoms with E-state index in [1.54, 1.807) is 4.68 Å². The fourth-order valence-electron chi connectivity index (χ4n) is 3.79. The Bertz CT molecular complexity index is 1390. The number of nitrogens with zero attached hydrogens (tertiary/aromatic N) is 3. The lowest BCUT2D eigenvalue weighted by Crippen LogP contribution is -2.20. The van der Waals surface area contributed by atoms with Crippen LogP contribution in [0.4, 0.5) is 5.82 Å². The molecule has 0 saturated carbocycles. The Balaban J connectivity index is 1.38. The standard InChI is InChI=1S/C22H19ClN4O3S2/c23-14-8-10-15(11-9-14)32(29,30)13-12-20(28)25-21-16-4-3-6-17(16)26-27(21)22-24-18-5-1-2-7-19(18)31-22/h1-2,5,7-11H,3-4,6,12-13H2,(H,25,28). The van der Waals surface area contributed by atoms with Gasteiger partial charge >= 0.3 is 0 Å². The molecule has 5 rings (SSSR count). The number of carbonyl (C=O) groups is 1. The van der Waals surface area contributed by atoms with Gasteiger partial charge in [0.25, 0.3) is 0 Å². The van der Waals surface area contributed by atoms with Crippen molar-refractivity contribution in [2.75, 3.05) is 11.1 Å².